The summed E-state index contributed by atoms with van der Waals surface area (Å²) in [5, 5.41) is 8.11. The van der Waals surface area contributed by atoms with Crippen molar-refractivity contribution in [3.63, 3.8) is 0 Å². The van der Waals surface area contributed by atoms with Crippen molar-refractivity contribution in [2.75, 3.05) is 5.32 Å². The highest BCUT2D eigenvalue weighted by atomic mass is 35.5. The first kappa shape index (κ1) is 14.8. The fourth-order valence-electron chi connectivity index (χ4n) is 1.86. The molecule has 1 N–H and O–H groups in total. The number of aryl methyl sites for hydroxylation is 2. The summed E-state index contributed by atoms with van der Waals surface area (Å²) in [5.74, 6) is 1.41. The quantitative estimate of drug-likeness (QED) is 0.881. The van der Waals surface area contributed by atoms with Gasteiger partial charge in [-0.1, -0.05) is 39.3 Å². The summed E-state index contributed by atoms with van der Waals surface area (Å²) in [6.45, 7) is 8.25. The molecule has 2 rings (SSSR count). The Labute approximate surface area is 124 Å². The summed E-state index contributed by atoms with van der Waals surface area (Å²) in [5.41, 5.74) is 1.80. The first-order valence-corrected chi connectivity index (χ1v) is 7.02. The monoisotopic (exact) mass is 293 g/mol. The van der Waals surface area contributed by atoms with Gasteiger partial charge in [-0.25, -0.2) is 9.97 Å². The van der Waals surface area contributed by atoms with Crippen LogP contribution in [0.15, 0.2) is 12.3 Å². The Bertz CT molecular complexity index is 613. The molecule has 20 heavy (non-hydrogen) atoms. The van der Waals surface area contributed by atoms with E-state index in [9.17, 15) is 0 Å². The predicted octanol–water partition coefficient (Wildman–Crippen LogP) is 3.47. The Balaban J connectivity index is 2.36. The highest BCUT2D eigenvalue weighted by Crippen LogP contribution is 2.25. The van der Waals surface area contributed by atoms with Crippen LogP contribution >= 0.6 is 11.6 Å². The van der Waals surface area contributed by atoms with Crippen LogP contribution in [0.25, 0.3) is 0 Å². The lowest BCUT2D eigenvalue weighted by Crippen LogP contribution is -2.16. The molecule has 0 unspecified atom stereocenters. The molecule has 0 aliphatic rings. The van der Waals surface area contributed by atoms with Crippen molar-refractivity contribution in [3.05, 3.63) is 28.9 Å². The van der Waals surface area contributed by atoms with E-state index in [-0.39, 0.29) is 5.41 Å². The SMILES string of the molecule is CCc1nn(C)cc1Nc1cc(Cl)nc(C(C)(C)C)n1. The minimum Gasteiger partial charge on any atom is -0.337 e. The molecule has 0 saturated heterocycles. The molecule has 0 amide bonds. The van der Waals surface area contributed by atoms with Crippen molar-refractivity contribution in [2.24, 2.45) is 7.05 Å². The van der Waals surface area contributed by atoms with Gasteiger partial charge in [-0.2, -0.15) is 5.10 Å². The zero-order chi connectivity index (χ0) is 14.9. The van der Waals surface area contributed by atoms with Crippen molar-refractivity contribution in [2.45, 2.75) is 39.5 Å². The lowest BCUT2D eigenvalue weighted by molar-refractivity contribution is 0.546. The summed E-state index contributed by atoms with van der Waals surface area (Å²) in [6, 6.07) is 1.73. The van der Waals surface area contributed by atoms with E-state index < -0.39 is 0 Å². The molecule has 5 nitrogen and oxygen atoms in total. The molecule has 2 heterocycles. The summed E-state index contributed by atoms with van der Waals surface area (Å²) in [4.78, 5) is 8.83. The maximum atomic E-state index is 6.09. The maximum Gasteiger partial charge on any atom is 0.137 e. The number of hydrogen-bond acceptors (Lipinski definition) is 4. The van der Waals surface area contributed by atoms with E-state index in [1.807, 2.05) is 13.2 Å². The number of anilines is 2. The van der Waals surface area contributed by atoms with Crippen LogP contribution in [-0.4, -0.2) is 19.7 Å². The van der Waals surface area contributed by atoms with Crippen LogP contribution in [0.2, 0.25) is 5.15 Å². The number of rotatable bonds is 3. The normalized spacial score (nSPS) is 11.7. The van der Waals surface area contributed by atoms with Crippen LogP contribution in [0.1, 0.15) is 39.2 Å². The molecule has 6 heteroatoms. The maximum absolute atomic E-state index is 6.09. The minimum absolute atomic E-state index is 0.149. The van der Waals surface area contributed by atoms with Crippen LogP contribution < -0.4 is 5.32 Å². The topological polar surface area (TPSA) is 55.6 Å². The van der Waals surface area contributed by atoms with Gasteiger partial charge in [-0.15, -0.1) is 0 Å². The van der Waals surface area contributed by atoms with Gasteiger partial charge in [0.2, 0.25) is 0 Å². The first-order valence-electron chi connectivity index (χ1n) is 6.64. The van der Waals surface area contributed by atoms with E-state index in [0.717, 1.165) is 23.6 Å². The Kier molecular flexibility index (Phi) is 3.99. The fraction of sp³-hybridized carbons (Fsp3) is 0.500. The summed E-state index contributed by atoms with van der Waals surface area (Å²) in [6.07, 6.45) is 2.79. The van der Waals surface area contributed by atoms with E-state index in [2.05, 4.69) is 48.1 Å². The average Bonchev–Trinajstić information content (AvgIpc) is 2.67. The summed E-state index contributed by atoms with van der Waals surface area (Å²) < 4.78 is 1.79. The zero-order valence-corrected chi connectivity index (χ0v) is 13.3. The number of aromatic nitrogens is 4. The smallest absolute Gasteiger partial charge is 0.137 e. The largest absolute Gasteiger partial charge is 0.337 e. The van der Waals surface area contributed by atoms with E-state index in [1.165, 1.54) is 0 Å². The fourth-order valence-corrected chi connectivity index (χ4v) is 2.04. The molecule has 0 aliphatic heterocycles. The number of nitrogens with zero attached hydrogens (tertiary/aromatic N) is 4. The third-order valence-electron chi connectivity index (χ3n) is 2.87. The summed E-state index contributed by atoms with van der Waals surface area (Å²) >= 11 is 6.09. The lowest BCUT2D eigenvalue weighted by Gasteiger charge is -2.17. The van der Waals surface area contributed by atoms with Crippen LogP contribution in [0.4, 0.5) is 11.5 Å². The van der Waals surface area contributed by atoms with Gasteiger partial charge in [0.25, 0.3) is 0 Å². The van der Waals surface area contributed by atoms with E-state index in [4.69, 9.17) is 11.6 Å². The molecule has 0 spiro atoms. The van der Waals surface area contributed by atoms with Crippen LogP contribution in [0.5, 0.6) is 0 Å². The summed E-state index contributed by atoms with van der Waals surface area (Å²) in [7, 11) is 1.90. The molecule has 0 aliphatic carbocycles. The molecule has 0 aromatic carbocycles. The number of halogens is 1. The van der Waals surface area contributed by atoms with Crippen molar-refractivity contribution in [3.8, 4) is 0 Å². The Morgan fingerprint density at radius 2 is 2.00 bits per heavy atom. The van der Waals surface area contributed by atoms with Crippen LogP contribution in [0.3, 0.4) is 0 Å². The Hall–Kier alpha value is -1.62. The van der Waals surface area contributed by atoms with Gasteiger partial charge < -0.3 is 5.32 Å². The zero-order valence-electron chi connectivity index (χ0n) is 12.5. The second kappa shape index (κ2) is 5.40. The molecule has 0 radical (unpaired) electrons. The second-order valence-electron chi connectivity index (χ2n) is 5.79. The molecule has 2 aromatic rings. The molecule has 0 fully saturated rings. The van der Waals surface area contributed by atoms with Gasteiger partial charge in [0.15, 0.2) is 0 Å². The Morgan fingerprint density at radius 1 is 1.30 bits per heavy atom. The van der Waals surface area contributed by atoms with Gasteiger partial charge in [0, 0.05) is 24.7 Å². The highest BCUT2D eigenvalue weighted by molar-refractivity contribution is 6.29. The Morgan fingerprint density at radius 3 is 2.60 bits per heavy atom. The average molecular weight is 294 g/mol. The van der Waals surface area contributed by atoms with Crippen molar-refractivity contribution >= 4 is 23.1 Å². The number of nitrogens with one attached hydrogen (secondary N) is 1. The molecule has 0 atom stereocenters. The predicted molar refractivity (Wildman–Crippen MR) is 81.6 cm³/mol. The van der Waals surface area contributed by atoms with Gasteiger partial charge in [-0.05, 0) is 6.42 Å². The molecular formula is C14H20ClN5. The second-order valence-corrected chi connectivity index (χ2v) is 6.18. The molecule has 108 valence electrons. The third-order valence-corrected chi connectivity index (χ3v) is 3.06. The van der Waals surface area contributed by atoms with Gasteiger partial charge in [0.05, 0.1) is 11.4 Å². The highest BCUT2D eigenvalue weighted by Gasteiger charge is 2.19. The van der Waals surface area contributed by atoms with Crippen molar-refractivity contribution < 1.29 is 0 Å². The minimum atomic E-state index is -0.149. The lowest BCUT2D eigenvalue weighted by atomic mass is 9.96. The standard InChI is InChI=1S/C14H20ClN5/c1-6-9-10(8-20(5)19-9)16-12-7-11(15)17-13(18-12)14(2,3)4/h7-8H,6H2,1-5H3,(H,16,17,18). The molecule has 0 saturated carbocycles. The van der Waals surface area contributed by atoms with E-state index in [0.29, 0.717) is 11.0 Å². The molecular weight excluding hydrogens is 274 g/mol. The van der Waals surface area contributed by atoms with Gasteiger partial charge in [0.1, 0.15) is 16.8 Å². The van der Waals surface area contributed by atoms with Gasteiger partial charge in [-0.3, -0.25) is 4.68 Å². The van der Waals surface area contributed by atoms with Crippen molar-refractivity contribution in [1.82, 2.24) is 19.7 Å². The number of hydrogen-bond donors (Lipinski definition) is 1. The van der Waals surface area contributed by atoms with Crippen LogP contribution in [0, 0.1) is 0 Å². The van der Waals surface area contributed by atoms with E-state index in [1.54, 1.807) is 10.7 Å². The van der Waals surface area contributed by atoms with Gasteiger partial charge >= 0.3 is 0 Å². The van der Waals surface area contributed by atoms with E-state index >= 15 is 0 Å². The molecule has 2 aromatic heterocycles. The third kappa shape index (κ3) is 3.28. The first-order chi connectivity index (χ1) is 9.29. The molecule has 0 bridgehead atoms. The van der Waals surface area contributed by atoms with Crippen LogP contribution in [-0.2, 0) is 18.9 Å². The van der Waals surface area contributed by atoms with Crippen molar-refractivity contribution in [1.29, 1.82) is 0 Å².